The summed E-state index contributed by atoms with van der Waals surface area (Å²) in [5.74, 6) is -0.572. The van der Waals surface area contributed by atoms with Crippen molar-refractivity contribution in [2.45, 2.75) is 5.92 Å². The number of aromatic nitrogens is 1. The summed E-state index contributed by atoms with van der Waals surface area (Å²) in [5, 5.41) is 9.95. The maximum atomic E-state index is 12.6. The lowest BCUT2D eigenvalue weighted by molar-refractivity contribution is 0.0978. The largest absolute Gasteiger partial charge is 0.497 e. The molecule has 0 N–H and O–H groups in total. The van der Waals surface area contributed by atoms with E-state index >= 15 is 0 Å². The predicted octanol–water partition coefficient (Wildman–Crippen LogP) is 3.79. The number of fused-ring (bicyclic) bond motifs is 1. The van der Waals surface area contributed by atoms with E-state index < -0.39 is 5.92 Å². The monoisotopic (exact) mass is 308 g/mol. The van der Waals surface area contributed by atoms with E-state index in [0.29, 0.717) is 16.3 Å². The van der Waals surface area contributed by atoms with E-state index in [-0.39, 0.29) is 5.78 Å². The standard InChI is InChI=1S/C17H12N2O2S/c1-21-12-6-4-5-11(9-12)16(20)13(10-18)17-19-14-7-2-3-8-15(14)22-17/h2-9,13H,1H3. The van der Waals surface area contributed by atoms with Crippen LogP contribution >= 0.6 is 11.3 Å². The molecular formula is C17H12N2O2S. The van der Waals surface area contributed by atoms with Crippen LogP contribution in [0.5, 0.6) is 5.75 Å². The molecular weight excluding hydrogens is 296 g/mol. The third-order valence-electron chi connectivity index (χ3n) is 3.30. The van der Waals surface area contributed by atoms with E-state index in [1.807, 2.05) is 24.3 Å². The highest BCUT2D eigenvalue weighted by molar-refractivity contribution is 7.18. The summed E-state index contributed by atoms with van der Waals surface area (Å²) in [7, 11) is 1.54. The predicted molar refractivity (Wildman–Crippen MR) is 85.3 cm³/mol. The fourth-order valence-electron chi connectivity index (χ4n) is 2.18. The normalized spacial score (nSPS) is 11.8. The van der Waals surface area contributed by atoms with Gasteiger partial charge in [0.2, 0.25) is 0 Å². The third kappa shape index (κ3) is 2.57. The molecule has 3 rings (SSSR count). The summed E-state index contributed by atoms with van der Waals surface area (Å²) in [5.41, 5.74) is 1.26. The molecule has 0 saturated heterocycles. The quantitative estimate of drug-likeness (QED) is 0.688. The smallest absolute Gasteiger partial charge is 0.187 e. The summed E-state index contributed by atoms with van der Waals surface area (Å²) < 4.78 is 6.09. The van der Waals surface area contributed by atoms with Gasteiger partial charge in [0.25, 0.3) is 0 Å². The molecule has 1 atom stereocenters. The summed E-state index contributed by atoms with van der Waals surface area (Å²) in [6, 6.07) is 16.5. The van der Waals surface area contributed by atoms with Crippen molar-refractivity contribution in [3.63, 3.8) is 0 Å². The molecule has 22 heavy (non-hydrogen) atoms. The molecule has 1 aromatic heterocycles. The second kappa shape index (κ2) is 5.96. The number of para-hydroxylation sites is 1. The zero-order chi connectivity index (χ0) is 15.5. The molecule has 0 saturated carbocycles. The molecule has 2 aromatic carbocycles. The van der Waals surface area contributed by atoms with E-state index in [9.17, 15) is 10.1 Å². The first-order chi connectivity index (χ1) is 10.7. The Morgan fingerprint density at radius 1 is 1.27 bits per heavy atom. The number of rotatable bonds is 4. The second-order valence-electron chi connectivity index (χ2n) is 4.68. The molecule has 0 aliphatic carbocycles. The van der Waals surface area contributed by atoms with Gasteiger partial charge in [0.1, 0.15) is 10.8 Å². The van der Waals surface area contributed by atoms with Crippen LogP contribution in [0.1, 0.15) is 21.3 Å². The van der Waals surface area contributed by atoms with E-state index in [1.54, 1.807) is 31.4 Å². The van der Waals surface area contributed by atoms with Crippen LogP contribution in [-0.2, 0) is 0 Å². The van der Waals surface area contributed by atoms with Crippen molar-refractivity contribution in [1.29, 1.82) is 5.26 Å². The van der Waals surface area contributed by atoms with Crippen molar-refractivity contribution in [3.05, 3.63) is 59.1 Å². The number of ether oxygens (including phenoxy) is 1. The zero-order valence-corrected chi connectivity index (χ0v) is 12.6. The van der Waals surface area contributed by atoms with Gasteiger partial charge < -0.3 is 4.74 Å². The summed E-state index contributed by atoms with van der Waals surface area (Å²) in [4.78, 5) is 17.0. The molecule has 5 heteroatoms. The SMILES string of the molecule is COc1cccc(C(=O)C(C#N)c2nc3ccccc3s2)c1. The van der Waals surface area contributed by atoms with Crippen LogP contribution in [0.2, 0.25) is 0 Å². The van der Waals surface area contributed by atoms with Gasteiger partial charge in [-0.1, -0.05) is 24.3 Å². The Morgan fingerprint density at radius 3 is 2.82 bits per heavy atom. The van der Waals surface area contributed by atoms with Gasteiger partial charge in [0.05, 0.1) is 23.4 Å². The fourth-order valence-corrected chi connectivity index (χ4v) is 3.19. The first-order valence-corrected chi connectivity index (χ1v) is 7.48. The number of methoxy groups -OCH3 is 1. The summed E-state index contributed by atoms with van der Waals surface area (Å²) in [6.07, 6.45) is 0. The lowest BCUT2D eigenvalue weighted by Gasteiger charge is -2.06. The maximum absolute atomic E-state index is 12.6. The van der Waals surface area contributed by atoms with Gasteiger partial charge in [-0.05, 0) is 24.3 Å². The first-order valence-electron chi connectivity index (χ1n) is 6.66. The minimum Gasteiger partial charge on any atom is -0.497 e. The fraction of sp³-hybridized carbons (Fsp3) is 0.118. The first kappa shape index (κ1) is 14.2. The average molecular weight is 308 g/mol. The third-order valence-corrected chi connectivity index (χ3v) is 4.40. The molecule has 1 unspecified atom stereocenters. The molecule has 0 spiro atoms. The van der Waals surface area contributed by atoms with Gasteiger partial charge in [0.15, 0.2) is 11.7 Å². The highest BCUT2D eigenvalue weighted by Crippen LogP contribution is 2.29. The van der Waals surface area contributed by atoms with Crippen molar-refractivity contribution >= 4 is 27.3 Å². The van der Waals surface area contributed by atoms with Crippen LogP contribution < -0.4 is 4.74 Å². The van der Waals surface area contributed by atoms with Crippen molar-refractivity contribution < 1.29 is 9.53 Å². The highest BCUT2D eigenvalue weighted by atomic mass is 32.1. The molecule has 1 heterocycles. The summed E-state index contributed by atoms with van der Waals surface area (Å²) >= 11 is 1.38. The molecule has 4 nitrogen and oxygen atoms in total. The van der Waals surface area contributed by atoms with E-state index in [0.717, 1.165) is 10.2 Å². The molecule has 108 valence electrons. The molecule has 0 aliphatic heterocycles. The van der Waals surface area contributed by atoms with Gasteiger partial charge in [0, 0.05) is 5.56 Å². The number of nitrogens with zero attached hydrogens (tertiary/aromatic N) is 2. The Morgan fingerprint density at radius 2 is 2.09 bits per heavy atom. The topological polar surface area (TPSA) is 63.0 Å². The molecule has 3 aromatic rings. The molecule has 0 radical (unpaired) electrons. The number of hydrogen-bond donors (Lipinski definition) is 0. The lowest BCUT2D eigenvalue weighted by Crippen LogP contribution is -2.11. The minimum absolute atomic E-state index is 0.263. The molecule has 0 amide bonds. The average Bonchev–Trinajstić information content (AvgIpc) is 2.99. The number of carbonyl (C=O) groups is 1. The van der Waals surface area contributed by atoms with E-state index in [1.165, 1.54) is 11.3 Å². The van der Waals surface area contributed by atoms with Crippen LogP contribution in [0.3, 0.4) is 0 Å². The van der Waals surface area contributed by atoms with Crippen molar-refractivity contribution in [2.24, 2.45) is 0 Å². The van der Waals surface area contributed by atoms with Crippen LogP contribution in [0.25, 0.3) is 10.2 Å². The number of Topliss-reactive ketones (excluding diaryl/α,β-unsaturated/α-hetero) is 1. The number of nitriles is 1. The van der Waals surface area contributed by atoms with Crippen molar-refractivity contribution in [3.8, 4) is 11.8 Å². The maximum Gasteiger partial charge on any atom is 0.187 e. The van der Waals surface area contributed by atoms with Gasteiger partial charge in [-0.2, -0.15) is 5.26 Å². The van der Waals surface area contributed by atoms with Crippen LogP contribution in [0.4, 0.5) is 0 Å². The number of benzene rings is 2. The van der Waals surface area contributed by atoms with Crippen LogP contribution in [0, 0.1) is 11.3 Å². The second-order valence-corrected chi connectivity index (χ2v) is 5.74. The zero-order valence-electron chi connectivity index (χ0n) is 11.8. The molecule has 0 fully saturated rings. The Bertz CT molecular complexity index is 846. The Kier molecular flexibility index (Phi) is 3.86. The van der Waals surface area contributed by atoms with Gasteiger partial charge in [-0.3, -0.25) is 4.79 Å². The van der Waals surface area contributed by atoms with E-state index in [4.69, 9.17) is 4.74 Å². The van der Waals surface area contributed by atoms with Gasteiger partial charge >= 0.3 is 0 Å². The van der Waals surface area contributed by atoms with E-state index in [2.05, 4.69) is 11.1 Å². The minimum atomic E-state index is -0.899. The van der Waals surface area contributed by atoms with Crippen molar-refractivity contribution in [1.82, 2.24) is 4.98 Å². The number of thiazole rings is 1. The molecule has 0 bridgehead atoms. The Labute approximate surface area is 131 Å². The number of hydrogen-bond acceptors (Lipinski definition) is 5. The highest BCUT2D eigenvalue weighted by Gasteiger charge is 2.25. The Balaban J connectivity index is 1.99. The summed E-state index contributed by atoms with van der Waals surface area (Å²) in [6.45, 7) is 0. The van der Waals surface area contributed by atoms with Gasteiger partial charge in [-0.15, -0.1) is 11.3 Å². The number of carbonyl (C=O) groups excluding carboxylic acids is 1. The number of ketones is 1. The lowest BCUT2D eigenvalue weighted by atomic mass is 9.99. The Hall–Kier alpha value is -2.71. The van der Waals surface area contributed by atoms with Gasteiger partial charge in [-0.25, -0.2) is 4.98 Å². The van der Waals surface area contributed by atoms with Crippen LogP contribution in [-0.4, -0.2) is 17.9 Å². The molecule has 0 aliphatic rings. The van der Waals surface area contributed by atoms with Crippen molar-refractivity contribution in [2.75, 3.05) is 7.11 Å². The van der Waals surface area contributed by atoms with Crippen LogP contribution in [0.15, 0.2) is 48.5 Å².